The van der Waals surface area contributed by atoms with Crippen LogP contribution in [0, 0.1) is 0 Å². The molecule has 0 amide bonds. The molecule has 114 valence electrons. The van der Waals surface area contributed by atoms with E-state index in [9.17, 15) is 14.6 Å². The van der Waals surface area contributed by atoms with E-state index in [4.69, 9.17) is 15.6 Å². The van der Waals surface area contributed by atoms with Crippen molar-refractivity contribution >= 4 is 17.0 Å². The molecule has 1 aliphatic rings. The van der Waals surface area contributed by atoms with Crippen LogP contribution in [0.15, 0.2) is 6.33 Å². The minimum absolute atomic E-state index is 0.0122. The lowest BCUT2D eigenvalue weighted by molar-refractivity contribution is -0.0511. The van der Waals surface area contributed by atoms with Gasteiger partial charge in [-0.05, 0) is 0 Å². The van der Waals surface area contributed by atoms with Crippen molar-refractivity contribution in [1.82, 2.24) is 19.5 Å². The minimum Gasteiger partial charge on any atom is -0.394 e. The highest BCUT2D eigenvalue weighted by Crippen LogP contribution is 2.31. The third-order valence-corrected chi connectivity index (χ3v) is 3.41. The number of rotatable bonds is 3. The molecule has 21 heavy (non-hydrogen) atoms. The molecule has 0 bridgehead atoms. The number of nitrogens with zero attached hydrogens (tertiary/aromatic N) is 4. The van der Waals surface area contributed by atoms with Gasteiger partial charge in [-0.3, -0.25) is 4.57 Å². The molecule has 3 heterocycles. The predicted octanol–water partition coefficient (Wildman–Crippen LogP) is -1.51. The van der Waals surface area contributed by atoms with Gasteiger partial charge in [-0.2, -0.15) is 0 Å². The molecule has 0 radical (unpaired) electrons. The number of aliphatic hydroxyl groups excluding tert-OH is 3. The van der Waals surface area contributed by atoms with Crippen LogP contribution in [-0.2, 0) is 11.4 Å². The Hall–Kier alpha value is -1.88. The van der Waals surface area contributed by atoms with Crippen molar-refractivity contribution in [2.75, 3.05) is 12.3 Å². The summed E-state index contributed by atoms with van der Waals surface area (Å²) in [5.41, 5.74) is 6.10. The van der Waals surface area contributed by atoms with E-state index >= 15 is 0 Å². The van der Waals surface area contributed by atoms with Crippen molar-refractivity contribution < 1.29 is 24.4 Å². The van der Waals surface area contributed by atoms with Gasteiger partial charge in [0.1, 0.15) is 30.5 Å². The minimum atomic E-state index is -1.29. The fourth-order valence-electron chi connectivity index (χ4n) is 2.34. The normalized spacial score (nSPS) is 29.3. The second-order valence-electron chi connectivity index (χ2n) is 4.71. The van der Waals surface area contributed by atoms with E-state index in [1.807, 2.05) is 0 Å². The van der Waals surface area contributed by atoms with Crippen LogP contribution in [0.1, 0.15) is 12.1 Å². The van der Waals surface area contributed by atoms with E-state index in [2.05, 4.69) is 15.0 Å². The fourth-order valence-corrected chi connectivity index (χ4v) is 2.34. The summed E-state index contributed by atoms with van der Waals surface area (Å²) in [6.07, 6.45) is -3.18. The Kier molecular flexibility index (Phi) is 3.45. The molecule has 0 aliphatic carbocycles. The fraction of sp³-hybridized carbons (Fsp3) is 0.545. The average molecular weight is 299 g/mol. The zero-order chi connectivity index (χ0) is 15.1. The average Bonchev–Trinajstić information content (AvgIpc) is 3.02. The zero-order valence-electron chi connectivity index (χ0n) is 10.8. The monoisotopic (exact) mass is 299 g/mol. The molecule has 0 aromatic carbocycles. The SMILES string of the molecule is Nc1nc(CF)nc2c1ncn2[C@@H]1O[C@H](CO)[C@@H](O)[C@H]1O. The maximum absolute atomic E-state index is 12.7. The van der Waals surface area contributed by atoms with Gasteiger partial charge in [0.25, 0.3) is 0 Å². The first-order valence-electron chi connectivity index (χ1n) is 6.24. The second-order valence-corrected chi connectivity index (χ2v) is 4.71. The lowest BCUT2D eigenvalue weighted by Gasteiger charge is -2.16. The lowest BCUT2D eigenvalue weighted by atomic mass is 10.1. The van der Waals surface area contributed by atoms with Gasteiger partial charge in [-0.1, -0.05) is 0 Å². The van der Waals surface area contributed by atoms with Crippen molar-refractivity contribution in [2.24, 2.45) is 0 Å². The number of aromatic nitrogens is 4. The number of imidazole rings is 1. The molecule has 10 heteroatoms. The number of halogens is 1. The molecule has 2 aromatic heterocycles. The number of nitrogen functional groups attached to an aromatic ring is 1. The van der Waals surface area contributed by atoms with Crippen LogP contribution in [0.25, 0.3) is 11.2 Å². The quantitative estimate of drug-likeness (QED) is 0.536. The summed E-state index contributed by atoms with van der Waals surface area (Å²) in [4.78, 5) is 11.7. The smallest absolute Gasteiger partial charge is 0.168 e. The van der Waals surface area contributed by atoms with Gasteiger partial charge in [0.2, 0.25) is 0 Å². The maximum atomic E-state index is 12.7. The third kappa shape index (κ3) is 2.12. The van der Waals surface area contributed by atoms with Gasteiger partial charge in [0.15, 0.2) is 23.5 Å². The molecular weight excluding hydrogens is 285 g/mol. The molecule has 3 rings (SSSR count). The van der Waals surface area contributed by atoms with Crippen molar-refractivity contribution in [3.63, 3.8) is 0 Å². The van der Waals surface area contributed by atoms with Gasteiger partial charge in [-0.25, -0.2) is 19.3 Å². The molecule has 9 nitrogen and oxygen atoms in total. The molecule has 0 saturated carbocycles. The predicted molar refractivity (Wildman–Crippen MR) is 67.6 cm³/mol. The number of hydrogen-bond acceptors (Lipinski definition) is 8. The van der Waals surface area contributed by atoms with Crippen LogP contribution in [0.2, 0.25) is 0 Å². The number of anilines is 1. The van der Waals surface area contributed by atoms with Crippen LogP contribution < -0.4 is 5.73 Å². The maximum Gasteiger partial charge on any atom is 0.168 e. The molecule has 0 spiro atoms. The van der Waals surface area contributed by atoms with Crippen LogP contribution in [0.4, 0.5) is 10.2 Å². The summed E-state index contributed by atoms with van der Waals surface area (Å²) in [6.45, 7) is -1.35. The van der Waals surface area contributed by atoms with Gasteiger partial charge in [0, 0.05) is 0 Å². The molecule has 0 unspecified atom stereocenters. The molecule has 4 atom stereocenters. The number of alkyl halides is 1. The zero-order valence-corrected chi connectivity index (χ0v) is 10.8. The Labute approximate surface area is 117 Å². The van der Waals surface area contributed by atoms with E-state index in [1.165, 1.54) is 10.9 Å². The molecule has 1 aliphatic heterocycles. The standard InChI is InChI=1S/C11H14FN5O4/c12-1-5-15-9(13)6-10(16-5)17(3-14-6)11-8(20)7(19)4(2-18)21-11/h3-4,7-8,11,18-20H,1-2H2,(H2,13,15,16)/t4-,7-,8-,11-/m1/s1. The van der Waals surface area contributed by atoms with Crippen molar-refractivity contribution in [2.45, 2.75) is 31.2 Å². The number of hydrogen-bond donors (Lipinski definition) is 4. The molecule has 1 saturated heterocycles. The first-order valence-corrected chi connectivity index (χ1v) is 6.24. The van der Waals surface area contributed by atoms with Crippen LogP contribution in [0.5, 0.6) is 0 Å². The van der Waals surface area contributed by atoms with Crippen LogP contribution in [0.3, 0.4) is 0 Å². The van der Waals surface area contributed by atoms with Gasteiger partial charge < -0.3 is 25.8 Å². The van der Waals surface area contributed by atoms with Crippen molar-refractivity contribution in [3.8, 4) is 0 Å². The summed E-state index contributed by atoms with van der Waals surface area (Å²) >= 11 is 0. The van der Waals surface area contributed by atoms with E-state index in [0.717, 1.165) is 0 Å². The summed E-state index contributed by atoms with van der Waals surface area (Å²) in [6, 6.07) is 0. The highest BCUT2D eigenvalue weighted by molar-refractivity contribution is 5.81. The summed E-state index contributed by atoms with van der Waals surface area (Å²) < 4.78 is 19.4. The molecule has 5 N–H and O–H groups in total. The second kappa shape index (κ2) is 5.15. The first kappa shape index (κ1) is 14.1. The van der Waals surface area contributed by atoms with Gasteiger partial charge in [0.05, 0.1) is 12.9 Å². The first-order chi connectivity index (χ1) is 10.1. The Morgan fingerprint density at radius 1 is 1.33 bits per heavy atom. The molecular formula is C11H14FN5O4. The van der Waals surface area contributed by atoms with E-state index in [-0.39, 0.29) is 22.8 Å². The summed E-state index contributed by atoms with van der Waals surface area (Å²) in [5.74, 6) is -0.105. The number of aliphatic hydroxyl groups is 3. The van der Waals surface area contributed by atoms with Crippen molar-refractivity contribution in [3.05, 3.63) is 12.2 Å². The highest BCUT2D eigenvalue weighted by atomic mass is 19.1. The van der Waals surface area contributed by atoms with Crippen LogP contribution in [-0.4, -0.2) is 59.8 Å². The Balaban J connectivity index is 2.07. The van der Waals surface area contributed by atoms with Gasteiger partial charge >= 0.3 is 0 Å². The largest absolute Gasteiger partial charge is 0.394 e. The Bertz CT molecular complexity index is 665. The third-order valence-electron chi connectivity index (χ3n) is 3.41. The summed E-state index contributed by atoms with van der Waals surface area (Å²) in [5, 5.41) is 28.9. The summed E-state index contributed by atoms with van der Waals surface area (Å²) in [7, 11) is 0. The lowest BCUT2D eigenvalue weighted by Crippen LogP contribution is -2.33. The number of nitrogens with two attached hydrogens (primary N) is 1. The van der Waals surface area contributed by atoms with Crippen molar-refractivity contribution in [1.29, 1.82) is 0 Å². The highest BCUT2D eigenvalue weighted by Gasteiger charge is 2.44. The Morgan fingerprint density at radius 3 is 2.71 bits per heavy atom. The van der Waals surface area contributed by atoms with Crippen LogP contribution >= 0.6 is 0 Å². The molecule has 2 aromatic rings. The molecule has 1 fully saturated rings. The Morgan fingerprint density at radius 2 is 2.10 bits per heavy atom. The number of fused-ring (bicyclic) bond motifs is 1. The van der Waals surface area contributed by atoms with E-state index in [0.29, 0.717) is 0 Å². The van der Waals surface area contributed by atoms with E-state index in [1.54, 1.807) is 0 Å². The van der Waals surface area contributed by atoms with E-state index < -0.39 is 37.8 Å². The van der Waals surface area contributed by atoms with Gasteiger partial charge in [-0.15, -0.1) is 0 Å². The number of ether oxygens (including phenoxy) is 1. The topological polar surface area (TPSA) is 140 Å².